The van der Waals surface area contributed by atoms with Crippen molar-refractivity contribution >= 4 is 17.4 Å². The second-order valence-electron chi connectivity index (χ2n) is 6.11. The number of hydrogen-bond acceptors (Lipinski definition) is 5. The zero-order valence-corrected chi connectivity index (χ0v) is 14.9. The predicted molar refractivity (Wildman–Crippen MR) is 97.0 cm³/mol. The zero-order valence-electron chi connectivity index (χ0n) is 14.9. The van der Waals surface area contributed by atoms with E-state index < -0.39 is 17.2 Å². The van der Waals surface area contributed by atoms with E-state index in [1.165, 1.54) is 10.8 Å². The minimum atomic E-state index is -0.602. The summed E-state index contributed by atoms with van der Waals surface area (Å²) in [5.41, 5.74) is 5.92. The molecule has 3 N–H and O–H groups in total. The van der Waals surface area contributed by atoms with Crippen LogP contribution in [0.15, 0.2) is 27.9 Å². The number of carbonyl (C=O) groups excluding carboxylic acids is 1. The summed E-state index contributed by atoms with van der Waals surface area (Å²) in [5.74, 6) is -0.556. The molecule has 0 aliphatic rings. The van der Waals surface area contributed by atoms with Crippen molar-refractivity contribution in [1.29, 1.82) is 0 Å². The van der Waals surface area contributed by atoms with Crippen LogP contribution in [0.25, 0.3) is 0 Å². The smallest absolute Gasteiger partial charge is 0.332 e. The number of nitrogens with one attached hydrogen (secondary N) is 1. The maximum atomic E-state index is 12.6. The van der Waals surface area contributed by atoms with Gasteiger partial charge < -0.3 is 11.1 Å². The van der Waals surface area contributed by atoms with Crippen LogP contribution in [0.2, 0.25) is 0 Å². The number of nitrogen functional groups attached to an aromatic ring is 1. The van der Waals surface area contributed by atoms with Crippen LogP contribution in [0.5, 0.6) is 0 Å². The maximum Gasteiger partial charge on any atom is 0.332 e. The Kier molecular flexibility index (Phi) is 5.41. The van der Waals surface area contributed by atoms with Gasteiger partial charge in [-0.15, -0.1) is 0 Å². The number of amides is 1. The highest BCUT2D eigenvalue weighted by molar-refractivity contribution is 6.05. The Bertz CT molecular complexity index is 894. The highest BCUT2D eigenvalue weighted by atomic mass is 16.2. The van der Waals surface area contributed by atoms with Gasteiger partial charge in [0.1, 0.15) is 11.5 Å². The van der Waals surface area contributed by atoms with Gasteiger partial charge in [-0.05, 0) is 39.3 Å². The van der Waals surface area contributed by atoms with Crippen molar-refractivity contribution in [2.45, 2.75) is 46.7 Å². The predicted octanol–water partition coefficient (Wildman–Crippen LogP) is 1.54. The topological polar surface area (TPSA) is 112 Å². The molecule has 0 fully saturated rings. The first kappa shape index (κ1) is 18.4. The van der Waals surface area contributed by atoms with Crippen LogP contribution in [-0.4, -0.2) is 20.0 Å². The van der Waals surface area contributed by atoms with Crippen molar-refractivity contribution in [3.05, 3.63) is 50.4 Å². The molecule has 2 aromatic rings. The van der Waals surface area contributed by atoms with Gasteiger partial charge in [0.15, 0.2) is 0 Å². The highest BCUT2D eigenvalue weighted by Gasteiger charge is 2.20. The fourth-order valence-corrected chi connectivity index (χ4v) is 2.51. The number of rotatable bonds is 5. The molecule has 2 rings (SSSR count). The molecule has 8 nitrogen and oxygen atoms in total. The third-order valence-corrected chi connectivity index (χ3v) is 3.79. The normalized spacial score (nSPS) is 10.9. The number of aryl methyl sites for hydroxylation is 1. The summed E-state index contributed by atoms with van der Waals surface area (Å²) in [7, 11) is 0. The minimum absolute atomic E-state index is 0.0502. The Morgan fingerprint density at radius 2 is 2.00 bits per heavy atom. The monoisotopic (exact) mass is 345 g/mol. The molecule has 0 radical (unpaired) electrons. The van der Waals surface area contributed by atoms with E-state index in [1.54, 1.807) is 26.0 Å². The van der Waals surface area contributed by atoms with E-state index in [0.29, 0.717) is 12.0 Å². The first-order valence-corrected chi connectivity index (χ1v) is 8.16. The SMILES string of the molecule is CCCn1c(=O)c(NC(=O)c2ccc(C)nc2)c(N)n(C(C)C)c1=O. The lowest BCUT2D eigenvalue weighted by atomic mass is 10.2. The first-order valence-electron chi connectivity index (χ1n) is 8.16. The lowest BCUT2D eigenvalue weighted by Crippen LogP contribution is -2.43. The Labute approximate surface area is 145 Å². The van der Waals surface area contributed by atoms with E-state index in [-0.39, 0.29) is 24.1 Å². The second kappa shape index (κ2) is 7.33. The molecule has 0 saturated heterocycles. The van der Waals surface area contributed by atoms with Crippen molar-refractivity contribution in [3.8, 4) is 0 Å². The maximum absolute atomic E-state index is 12.6. The van der Waals surface area contributed by atoms with E-state index in [0.717, 1.165) is 10.3 Å². The zero-order chi connectivity index (χ0) is 18.7. The molecule has 1 amide bonds. The number of nitrogens with zero attached hydrogens (tertiary/aromatic N) is 3. The van der Waals surface area contributed by atoms with E-state index >= 15 is 0 Å². The van der Waals surface area contributed by atoms with Crippen molar-refractivity contribution in [3.63, 3.8) is 0 Å². The van der Waals surface area contributed by atoms with E-state index in [2.05, 4.69) is 10.3 Å². The Hall–Kier alpha value is -2.90. The summed E-state index contributed by atoms with van der Waals surface area (Å²) in [6.07, 6.45) is 2.02. The summed E-state index contributed by atoms with van der Waals surface area (Å²) in [6, 6.07) is 3.05. The lowest BCUT2D eigenvalue weighted by molar-refractivity contribution is 0.102. The number of carbonyl (C=O) groups is 1. The third-order valence-electron chi connectivity index (χ3n) is 3.79. The molecule has 0 unspecified atom stereocenters. The highest BCUT2D eigenvalue weighted by Crippen LogP contribution is 2.16. The van der Waals surface area contributed by atoms with Gasteiger partial charge in [0.05, 0.1) is 5.56 Å². The molecule has 134 valence electrons. The molecule has 0 spiro atoms. The van der Waals surface area contributed by atoms with E-state index in [4.69, 9.17) is 5.73 Å². The fourth-order valence-electron chi connectivity index (χ4n) is 2.51. The molecule has 0 aromatic carbocycles. The summed E-state index contributed by atoms with van der Waals surface area (Å²) in [4.78, 5) is 41.6. The number of pyridine rings is 1. The summed E-state index contributed by atoms with van der Waals surface area (Å²) < 4.78 is 2.40. The summed E-state index contributed by atoms with van der Waals surface area (Å²) in [6.45, 7) is 7.49. The van der Waals surface area contributed by atoms with Gasteiger partial charge in [-0.1, -0.05) is 6.92 Å². The molecule has 25 heavy (non-hydrogen) atoms. The molecule has 2 heterocycles. The van der Waals surface area contributed by atoms with Crippen LogP contribution in [0.4, 0.5) is 11.5 Å². The Morgan fingerprint density at radius 1 is 1.32 bits per heavy atom. The van der Waals surface area contributed by atoms with Crippen LogP contribution in [-0.2, 0) is 6.54 Å². The van der Waals surface area contributed by atoms with Crippen LogP contribution in [0.3, 0.4) is 0 Å². The quantitative estimate of drug-likeness (QED) is 0.853. The molecular weight excluding hydrogens is 322 g/mol. The summed E-state index contributed by atoms with van der Waals surface area (Å²) >= 11 is 0. The number of nitrogens with two attached hydrogens (primary N) is 1. The molecule has 2 aromatic heterocycles. The first-order chi connectivity index (χ1) is 11.8. The van der Waals surface area contributed by atoms with Gasteiger partial charge in [0.2, 0.25) is 0 Å². The molecule has 0 saturated carbocycles. The number of aromatic nitrogens is 3. The fraction of sp³-hybridized carbons (Fsp3) is 0.412. The van der Waals surface area contributed by atoms with Crippen LogP contribution < -0.4 is 22.3 Å². The van der Waals surface area contributed by atoms with Crippen LogP contribution in [0.1, 0.15) is 49.3 Å². The minimum Gasteiger partial charge on any atom is -0.383 e. The van der Waals surface area contributed by atoms with Gasteiger partial charge >= 0.3 is 5.69 Å². The lowest BCUT2D eigenvalue weighted by Gasteiger charge is -2.19. The Morgan fingerprint density at radius 3 is 2.52 bits per heavy atom. The van der Waals surface area contributed by atoms with Crippen LogP contribution in [0, 0.1) is 6.92 Å². The van der Waals surface area contributed by atoms with Crippen molar-refractivity contribution < 1.29 is 4.79 Å². The van der Waals surface area contributed by atoms with Crippen molar-refractivity contribution in [2.24, 2.45) is 0 Å². The van der Waals surface area contributed by atoms with Gasteiger partial charge in [-0.3, -0.25) is 23.7 Å². The van der Waals surface area contributed by atoms with Crippen molar-refractivity contribution in [1.82, 2.24) is 14.1 Å². The Balaban J connectivity index is 2.56. The average molecular weight is 345 g/mol. The molecular formula is C17H23N5O3. The van der Waals surface area contributed by atoms with Gasteiger partial charge in [-0.25, -0.2) is 4.79 Å². The number of anilines is 2. The van der Waals surface area contributed by atoms with Crippen LogP contribution >= 0.6 is 0 Å². The molecule has 0 atom stereocenters. The standard InChI is InChI=1S/C17H23N5O3/c1-5-8-21-16(24)13(14(18)22(10(2)3)17(21)25)20-15(23)12-7-6-11(4)19-9-12/h6-7,9-10H,5,8,18H2,1-4H3,(H,20,23). The molecule has 0 aliphatic heterocycles. The molecule has 0 bridgehead atoms. The number of hydrogen-bond donors (Lipinski definition) is 2. The van der Waals surface area contributed by atoms with Gasteiger partial charge in [0.25, 0.3) is 11.5 Å². The van der Waals surface area contributed by atoms with Crippen molar-refractivity contribution in [2.75, 3.05) is 11.1 Å². The summed E-state index contributed by atoms with van der Waals surface area (Å²) in [5, 5.41) is 2.54. The molecule has 8 heteroatoms. The second-order valence-corrected chi connectivity index (χ2v) is 6.11. The van der Waals surface area contributed by atoms with E-state index in [9.17, 15) is 14.4 Å². The largest absolute Gasteiger partial charge is 0.383 e. The third kappa shape index (κ3) is 3.62. The van der Waals surface area contributed by atoms with Gasteiger partial charge in [-0.2, -0.15) is 0 Å². The van der Waals surface area contributed by atoms with Gasteiger partial charge in [0, 0.05) is 24.5 Å². The molecule has 0 aliphatic carbocycles. The van der Waals surface area contributed by atoms with E-state index in [1.807, 2.05) is 13.8 Å². The average Bonchev–Trinajstić information content (AvgIpc) is 2.55.